The maximum absolute atomic E-state index is 12.5. The normalized spacial score (nSPS) is 11.2. The number of anilines is 1. The lowest BCUT2D eigenvalue weighted by atomic mass is 10.2. The average molecular weight is 395 g/mol. The fraction of sp³-hybridized carbons (Fsp3) is 0.333. The summed E-state index contributed by atoms with van der Waals surface area (Å²) in [5, 5.41) is 4.20. The van der Waals surface area contributed by atoms with Crippen LogP contribution in [-0.4, -0.2) is 28.3 Å². The molecular weight excluding hydrogens is 375 g/mol. The molecule has 26 heavy (non-hydrogen) atoms. The first kappa shape index (κ1) is 18.8. The Balaban J connectivity index is 1.72. The van der Waals surface area contributed by atoms with Crippen molar-refractivity contribution in [3.05, 3.63) is 56.6 Å². The van der Waals surface area contributed by atoms with E-state index in [4.69, 9.17) is 27.9 Å². The quantitative estimate of drug-likeness (QED) is 0.564. The van der Waals surface area contributed by atoms with Gasteiger partial charge >= 0.3 is 0 Å². The molecule has 0 atom stereocenters. The SMILES string of the molecule is COCCCCn1cnc2cc(NCc3ccc(Cl)c(Cl)c3)[nH]c(=O)c21. The van der Waals surface area contributed by atoms with Crippen LogP contribution in [0.25, 0.3) is 11.0 Å². The molecule has 8 heteroatoms. The molecule has 1 aromatic carbocycles. The average Bonchev–Trinajstić information content (AvgIpc) is 3.03. The van der Waals surface area contributed by atoms with Crippen molar-refractivity contribution in [2.45, 2.75) is 25.9 Å². The van der Waals surface area contributed by atoms with E-state index in [0.29, 0.717) is 40.0 Å². The van der Waals surface area contributed by atoms with Crippen molar-refractivity contribution in [3.8, 4) is 0 Å². The summed E-state index contributed by atoms with van der Waals surface area (Å²) in [6.45, 7) is 1.96. The number of aromatic amines is 1. The van der Waals surface area contributed by atoms with Gasteiger partial charge in [0.05, 0.1) is 21.9 Å². The van der Waals surface area contributed by atoms with E-state index in [1.54, 1.807) is 25.6 Å². The number of aromatic nitrogens is 3. The first-order valence-electron chi connectivity index (χ1n) is 8.33. The molecule has 0 aliphatic rings. The molecule has 3 rings (SSSR count). The Bertz CT molecular complexity index is 952. The third-order valence-corrected chi connectivity index (χ3v) is 4.81. The molecule has 0 saturated heterocycles. The maximum atomic E-state index is 12.5. The van der Waals surface area contributed by atoms with Gasteiger partial charge in [0.25, 0.3) is 5.56 Å². The minimum absolute atomic E-state index is 0.164. The third-order valence-electron chi connectivity index (χ3n) is 4.07. The second-order valence-electron chi connectivity index (χ2n) is 5.99. The Morgan fingerprint density at radius 1 is 1.23 bits per heavy atom. The van der Waals surface area contributed by atoms with Crippen molar-refractivity contribution in [1.29, 1.82) is 0 Å². The van der Waals surface area contributed by atoms with Gasteiger partial charge in [0.1, 0.15) is 11.3 Å². The molecule has 0 unspecified atom stereocenters. The van der Waals surface area contributed by atoms with Gasteiger partial charge in [0.2, 0.25) is 0 Å². The number of nitrogens with zero attached hydrogens (tertiary/aromatic N) is 2. The van der Waals surface area contributed by atoms with Crippen LogP contribution in [0, 0.1) is 0 Å². The zero-order valence-electron chi connectivity index (χ0n) is 14.4. The molecule has 0 radical (unpaired) electrons. The van der Waals surface area contributed by atoms with Crippen LogP contribution < -0.4 is 10.9 Å². The summed E-state index contributed by atoms with van der Waals surface area (Å²) in [5.41, 5.74) is 2.05. The van der Waals surface area contributed by atoms with Crippen molar-refractivity contribution in [2.24, 2.45) is 0 Å². The highest BCUT2D eigenvalue weighted by atomic mass is 35.5. The summed E-state index contributed by atoms with van der Waals surface area (Å²) in [4.78, 5) is 19.7. The number of pyridine rings is 1. The lowest BCUT2D eigenvalue weighted by Gasteiger charge is -2.08. The van der Waals surface area contributed by atoms with Gasteiger partial charge in [-0.15, -0.1) is 0 Å². The van der Waals surface area contributed by atoms with E-state index in [1.807, 2.05) is 16.7 Å². The van der Waals surface area contributed by atoms with Gasteiger partial charge < -0.3 is 19.6 Å². The molecule has 0 bridgehead atoms. The number of methoxy groups -OCH3 is 1. The van der Waals surface area contributed by atoms with Gasteiger partial charge in [0, 0.05) is 32.9 Å². The molecule has 6 nitrogen and oxygen atoms in total. The largest absolute Gasteiger partial charge is 0.385 e. The van der Waals surface area contributed by atoms with Gasteiger partial charge in [-0.05, 0) is 30.5 Å². The van der Waals surface area contributed by atoms with Crippen molar-refractivity contribution >= 4 is 40.1 Å². The van der Waals surface area contributed by atoms with Crippen LogP contribution in [0.1, 0.15) is 18.4 Å². The number of imidazole rings is 1. The van der Waals surface area contributed by atoms with Gasteiger partial charge in [0.15, 0.2) is 0 Å². The number of hydrogen-bond acceptors (Lipinski definition) is 4. The third kappa shape index (κ3) is 4.38. The van der Waals surface area contributed by atoms with Crippen LogP contribution >= 0.6 is 23.2 Å². The smallest absolute Gasteiger partial charge is 0.275 e. The number of unbranched alkanes of at least 4 members (excludes halogenated alkanes) is 1. The lowest BCUT2D eigenvalue weighted by molar-refractivity contribution is 0.191. The molecule has 2 N–H and O–H groups in total. The molecule has 0 spiro atoms. The number of hydrogen-bond donors (Lipinski definition) is 2. The Kier molecular flexibility index (Phi) is 6.19. The van der Waals surface area contributed by atoms with Gasteiger partial charge in [-0.1, -0.05) is 29.3 Å². The second kappa shape index (κ2) is 8.58. The molecule has 0 aliphatic carbocycles. The van der Waals surface area contributed by atoms with E-state index >= 15 is 0 Å². The van der Waals surface area contributed by atoms with E-state index in [2.05, 4.69) is 15.3 Å². The molecule has 2 heterocycles. The number of nitrogens with one attached hydrogen (secondary N) is 2. The van der Waals surface area contributed by atoms with Crippen LogP contribution in [0.2, 0.25) is 10.0 Å². The summed E-state index contributed by atoms with van der Waals surface area (Å²) in [6, 6.07) is 7.26. The van der Waals surface area contributed by atoms with E-state index in [9.17, 15) is 4.79 Å². The van der Waals surface area contributed by atoms with Crippen molar-refractivity contribution in [1.82, 2.24) is 14.5 Å². The molecular formula is C18H20Cl2N4O2. The Hall–Kier alpha value is -2.02. The molecule has 0 amide bonds. The minimum atomic E-state index is -0.164. The zero-order valence-corrected chi connectivity index (χ0v) is 15.9. The highest BCUT2D eigenvalue weighted by Crippen LogP contribution is 2.23. The van der Waals surface area contributed by atoms with Crippen molar-refractivity contribution < 1.29 is 4.74 Å². The first-order valence-corrected chi connectivity index (χ1v) is 9.09. The molecule has 138 valence electrons. The molecule has 0 aliphatic heterocycles. The number of fused-ring (bicyclic) bond motifs is 1. The van der Waals surface area contributed by atoms with Gasteiger partial charge in [-0.2, -0.15) is 0 Å². The molecule has 2 aromatic heterocycles. The summed E-state index contributed by atoms with van der Waals surface area (Å²) < 4.78 is 6.93. The van der Waals surface area contributed by atoms with E-state index in [0.717, 1.165) is 24.9 Å². The second-order valence-corrected chi connectivity index (χ2v) is 6.80. The predicted octanol–water partition coefficient (Wildman–Crippen LogP) is 4.07. The van der Waals surface area contributed by atoms with Gasteiger partial charge in [-0.3, -0.25) is 4.79 Å². The summed E-state index contributed by atoms with van der Waals surface area (Å²) in [5.74, 6) is 0.609. The van der Waals surface area contributed by atoms with Gasteiger partial charge in [-0.25, -0.2) is 4.98 Å². The van der Waals surface area contributed by atoms with Crippen molar-refractivity contribution in [3.63, 3.8) is 0 Å². The molecule has 0 saturated carbocycles. The zero-order chi connectivity index (χ0) is 18.5. The number of aryl methyl sites for hydroxylation is 1. The topological polar surface area (TPSA) is 71.9 Å². The van der Waals surface area contributed by atoms with Crippen LogP contribution in [0.5, 0.6) is 0 Å². The number of ether oxygens (including phenoxy) is 1. The molecule has 0 fully saturated rings. The van der Waals surface area contributed by atoms with Crippen LogP contribution in [0.15, 0.2) is 35.4 Å². The lowest BCUT2D eigenvalue weighted by Crippen LogP contribution is -2.14. The highest BCUT2D eigenvalue weighted by molar-refractivity contribution is 6.42. The van der Waals surface area contributed by atoms with Crippen LogP contribution in [0.4, 0.5) is 5.82 Å². The minimum Gasteiger partial charge on any atom is -0.385 e. The van der Waals surface area contributed by atoms with Crippen LogP contribution in [0.3, 0.4) is 0 Å². The number of H-pyrrole nitrogens is 1. The molecule has 3 aromatic rings. The fourth-order valence-electron chi connectivity index (χ4n) is 2.74. The monoisotopic (exact) mass is 394 g/mol. The number of benzene rings is 1. The highest BCUT2D eigenvalue weighted by Gasteiger charge is 2.09. The predicted molar refractivity (Wildman–Crippen MR) is 105 cm³/mol. The summed E-state index contributed by atoms with van der Waals surface area (Å²) >= 11 is 11.9. The summed E-state index contributed by atoms with van der Waals surface area (Å²) in [6.07, 6.45) is 3.57. The Morgan fingerprint density at radius 3 is 2.85 bits per heavy atom. The first-order chi connectivity index (χ1) is 12.6. The number of halogens is 2. The van der Waals surface area contributed by atoms with Crippen LogP contribution in [-0.2, 0) is 17.8 Å². The summed E-state index contributed by atoms with van der Waals surface area (Å²) in [7, 11) is 1.68. The number of rotatable bonds is 8. The fourth-order valence-corrected chi connectivity index (χ4v) is 3.07. The van der Waals surface area contributed by atoms with E-state index in [1.165, 1.54) is 0 Å². The Morgan fingerprint density at radius 2 is 2.08 bits per heavy atom. The maximum Gasteiger partial charge on any atom is 0.275 e. The van der Waals surface area contributed by atoms with Crippen molar-refractivity contribution in [2.75, 3.05) is 19.0 Å². The van der Waals surface area contributed by atoms with E-state index in [-0.39, 0.29) is 5.56 Å². The standard InChI is InChI=1S/C18H20Cl2N4O2/c1-26-7-3-2-6-24-11-22-15-9-16(23-18(25)17(15)24)21-10-12-4-5-13(19)14(20)8-12/h4-5,8-9,11H,2-3,6-7,10H2,1H3,(H2,21,23,25). The van der Waals surface area contributed by atoms with E-state index < -0.39 is 0 Å². The Labute approximate surface area is 161 Å².